The average molecular weight is 1680 g/mol. The van der Waals surface area contributed by atoms with Gasteiger partial charge in [-0.15, -0.1) is 11.6 Å². The van der Waals surface area contributed by atoms with Gasteiger partial charge in [-0.1, -0.05) is 165 Å². The predicted molar refractivity (Wildman–Crippen MR) is 490 cm³/mol. The number of phenolic OH excluding ortho intramolecular Hbond substituents is 10. The first kappa shape index (κ1) is 83.9. The predicted octanol–water partition coefficient (Wildman–Crippen LogP) is 22.5. The van der Waals surface area contributed by atoms with Crippen LogP contribution < -0.4 is 9.47 Å². The van der Waals surface area contributed by atoms with Gasteiger partial charge in [0.1, 0.15) is 82.2 Å². The van der Waals surface area contributed by atoms with E-state index in [0.717, 1.165) is 129 Å². The van der Waals surface area contributed by atoms with Gasteiger partial charge in [0, 0.05) is 16.9 Å². The van der Waals surface area contributed by atoms with Crippen LogP contribution in [0.2, 0.25) is 0 Å². The third kappa shape index (κ3) is 17.8. The highest BCUT2D eigenvalue weighted by Crippen LogP contribution is 2.61. The Balaban J connectivity index is 0.000000113. The fourth-order valence-electron chi connectivity index (χ4n) is 21.6. The minimum absolute atomic E-state index is 0. The lowest BCUT2D eigenvalue weighted by molar-refractivity contribution is 0.0831. The molecule has 0 saturated heterocycles. The van der Waals surface area contributed by atoms with Crippen molar-refractivity contribution < 1.29 is 65.3 Å². The number of halogens is 1. The number of hydrogen-bond acceptors (Lipinski definition) is 13. The lowest BCUT2D eigenvalue weighted by Gasteiger charge is -2.32. The molecule has 0 amide bonds. The molecule has 3 unspecified atom stereocenters. The van der Waals surface area contributed by atoms with Crippen molar-refractivity contribution >= 4 is 17.4 Å². The molecule has 0 saturated carbocycles. The van der Waals surface area contributed by atoms with E-state index in [0.29, 0.717) is 83.3 Å². The lowest BCUT2D eigenvalue weighted by Crippen LogP contribution is -2.28. The van der Waals surface area contributed by atoms with Gasteiger partial charge in [-0.2, -0.15) is 0 Å². The fourth-order valence-corrected chi connectivity index (χ4v) is 21.8. The Kier molecular flexibility index (Phi) is 23.6. The van der Waals surface area contributed by atoms with Crippen LogP contribution in [0.3, 0.4) is 0 Å². The van der Waals surface area contributed by atoms with Gasteiger partial charge in [0.25, 0.3) is 0 Å². The van der Waals surface area contributed by atoms with Crippen molar-refractivity contribution in [2.75, 3.05) is 0 Å². The number of carbonyl (C=O) groups excluding carboxylic acids is 1. The first-order valence-corrected chi connectivity index (χ1v) is 43.3. The molecule has 22 rings (SSSR count). The number of alkyl halides is 1. The molecular weight excluding hydrogens is 1580 g/mol. The number of hydrogen-bond donors (Lipinski definition) is 10. The number of rotatable bonds is 13. The molecule has 632 valence electrons. The standard InChI is InChI=1S/C31H28O3.2C24H22O3.C17H14O3.C14H13ClO.CH4/c32-26-10-8-23-17-31(19-25(23)15-26)18-24-9-11-27(33)16-29(24)30(31)14-21-6-12-28(13-7-21)34-20-22-4-2-1-3-5-22;2*25-19-5-1-15(2-6-19)9-23-22-11-21(27)8-4-17(22)13-24(23)12-16-3-7-20(26)10-18(16)14-24;18-13-3-1-10-7-17(9-12(10)5-13)8-11-2-4-14(19)6-15(11)16(17)20;15-10-12-6-8-14(9-7-12)16-11-13-4-2-1-3-5-13;/h1-13,15-16,30,32-33H,14,17-20H2;2*1-8,10-11,23,25-27H,9,12-14H2;1-6,18-19H,7-9H2;1-9H,10-11H2;1H4/t;23-,24+;23-,24-;;;/m.11.../s1. The number of carbonyl (C=O) groups is 1. The molecule has 10 N–H and O–H groups in total. The topological polar surface area (TPSA) is 238 Å². The number of aromatic hydroxyl groups is 10. The molecule has 0 bridgehead atoms. The first-order chi connectivity index (χ1) is 60.1. The minimum atomic E-state index is -0.410. The Morgan fingerprint density at radius 1 is 0.256 bits per heavy atom. The second kappa shape index (κ2) is 35.1. The number of fused-ring (bicyclic) bond motifs is 8. The Hall–Kier alpha value is -13.4. The summed E-state index contributed by atoms with van der Waals surface area (Å²) in [6.07, 6.45) is 13.5. The molecule has 8 aliphatic rings. The van der Waals surface area contributed by atoms with Crippen LogP contribution >= 0.6 is 11.6 Å². The number of benzene rings is 14. The van der Waals surface area contributed by atoms with E-state index in [4.69, 9.17) is 21.1 Å². The van der Waals surface area contributed by atoms with E-state index in [1.807, 2.05) is 152 Å². The van der Waals surface area contributed by atoms with E-state index in [9.17, 15) is 55.9 Å². The molecule has 0 radical (unpaired) electrons. The Morgan fingerprint density at radius 3 is 0.864 bits per heavy atom. The Bertz CT molecular complexity index is 6090. The monoisotopic (exact) mass is 1680 g/mol. The molecule has 7 atom stereocenters. The maximum Gasteiger partial charge on any atom is 0.170 e. The van der Waals surface area contributed by atoms with Crippen molar-refractivity contribution in [2.45, 2.75) is 141 Å². The maximum atomic E-state index is 12.8. The van der Waals surface area contributed by atoms with Gasteiger partial charge in [0.2, 0.25) is 0 Å². The van der Waals surface area contributed by atoms with Gasteiger partial charge in [-0.05, 0) is 393 Å². The first-order valence-electron chi connectivity index (χ1n) is 42.8. The third-order valence-corrected chi connectivity index (χ3v) is 27.8. The number of ketones is 1. The van der Waals surface area contributed by atoms with E-state index in [-0.39, 0.29) is 52.5 Å². The van der Waals surface area contributed by atoms with Crippen LogP contribution in [-0.4, -0.2) is 56.8 Å². The number of phenols is 10. The van der Waals surface area contributed by atoms with E-state index in [1.165, 1.54) is 89.0 Å². The van der Waals surface area contributed by atoms with Gasteiger partial charge in [-0.25, -0.2) is 0 Å². The zero-order chi connectivity index (χ0) is 85.4. The van der Waals surface area contributed by atoms with Gasteiger partial charge in [-0.3, -0.25) is 4.79 Å². The summed E-state index contributed by atoms with van der Waals surface area (Å²) < 4.78 is 11.6. The molecule has 8 aliphatic carbocycles. The van der Waals surface area contributed by atoms with E-state index in [1.54, 1.807) is 78.9 Å². The summed E-state index contributed by atoms with van der Waals surface area (Å²) in [6, 6.07) is 96.6. The normalized spacial score (nSPS) is 20.3. The van der Waals surface area contributed by atoms with Crippen molar-refractivity contribution in [1.82, 2.24) is 0 Å². The SMILES string of the molecule is C.ClCc1ccc(OCc2ccccc2)cc1.O=C1c2cc(O)ccc2CC12Cc1ccc(O)cc1C2.Oc1ccc(C[C@@H]2c3cc(O)ccc3C[C@@]23Cc2ccc(O)cc2C3)cc1.Oc1ccc(C[C@@H]2c3cc(O)ccc3C[C@]23Cc2ccc(O)cc2C3)cc1.Oc1ccc2c(c1)CC1(C2)Cc2ccc(O)cc2C1Cc1ccc(OCc2ccccc2)cc1. The molecule has 13 nitrogen and oxygen atoms in total. The van der Waals surface area contributed by atoms with Gasteiger partial charge >= 0.3 is 0 Å². The van der Waals surface area contributed by atoms with E-state index >= 15 is 0 Å². The van der Waals surface area contributed by atoms with Crippen LogP contribution in [0.4, 0.5) is 0 Å². The average Bonchev–Trinajstić information content (AvgIpc) is 1.58. The Labute approximate surface area is 735 Å². The largest absolute Gasteiger partial charge is 0.508 e. The highest BCUT2D eigenvalue weighted by molar-refractivity contribution is 6.17. The second-order valence-corrected chi connectivity index (χ2v) is 36.0. The smallest absolute Gasteiger partial charge is 0.170 e. The van der Waals surface area contributed by atoms with Gasteiger partial charge < -0.3 is 60.5 Å². The minimum Gasteiger partial charge on any atom is -0.508 e. The third-order valence-electron chi connectivity index (χ3n) is 27.5. The molecule has 0 fully saturated rings. The van der Waals surface area contributed by atoms with Crippen LogP contribution in [0.1, 0.15) is 152 Å². The highest BCUT2D eigenvalue weighted by atomic mass is 35.5. The summed E-state index contributed by atoms with van der Waals surface area (Å²) in [7, 11) is 0. The summed E-state index contributed by atoms with van der Waals surface area (Å²) >= 11 is 5.71. The summed E-state index contributed by atoms with van der Waals surface area (Å²) in [5.74, 6) is 6.20. The molecule has 0 heterocycles. The maximum absolute atomic E-state index is 12.8. The molecule has 0 aliphatic heterocycles. The summed E-state index contributed by atoms with van der Waals surface area (Å²) in [5.41, 5.74) is 26.2. The van der Waals surface area contributed by atoms with Crippen LogP contribution in [-0.2, 0) is 115 Å². The molecular formula is C111H103ClO13. The van der Waals surface area contributed by atoms with Gasteiger partial charge in [0.05, 0.1) is 0 Å². The van der Waals surface area contributed by atoms with Crippen molar-refractivity contribution in [3.63, 3.8) is 0 Å². The van der Waals surface area contributed by atoms with Crippen molar-refractivity contribution in [3.05, 3.63) is 426 Å². The molecule has 0 aromatic heterocycles. The molecule has 14 heteroatoms. The fraction of sp³-hybridized carbons (Fsp3) is 0.234. The lowest BCUT2D eigenvalue weighted by atomic mass is 9.71. The zero-order valence-electron chi connectivity index (χ0n) is 68.9. The zero-order valence-corrected chi connectivity index (χ0v) is 69.7. The summed E-state index contributed by atoms with van der Waals surface area (Å²) in [5, 5.41) is 98.7. The molecule has 4 spiro atoms. The number of Topliss-reactive ketones (excluding diaryl/α,β-unsaturated/α-hetero) is 1. The van der Waals surface area contributed by atoms with Crippen molar-refractivity contribution in [3.8, 4) is 69.0 Å². The Morgan fingerprint density at radius 2 is 0.512 bits per heavy atom. The molecule has 125 heavy (non-hydrogen) atoms. The van der Waals surface area contributed by atoms with Crippen LogP contribution in [0, 0.1) is 21.7 Å². The van der Waals surface area contributed by atoms with Crippen LogP contribution in [0.5, 0.6) is 69.0 Å². The van der Waals surface area contributed by atoms with Crippen molar-refractivity contribution in [2.24, 2.45) is 21.7 Å². The van der Waals surface area contributed by atoms with Crippen LogP contribution in [0.15, 0.2) is 303 Å². The van der Waals surface area contributed by atoms with E-state index in [2.05, 4.69) is 72.8 Å². The van der Waals surface area contributed by atoms with Crippen molar-refractivity contribution in [1.29, 1.82) is 0 Å². The highest BCUT2D eigenvalue weighted by Gasteiger charge is 2.53. The van der Waals surface area contributed by atoms with Crippen LogP contribution in [0.25, 0.3) is 0 Å². The molecule has 14 aromatic rings. The number of ether oxygens (including phenoxy) is 2. The van der Waals surface area contributed by atoms with Gasteiger partial charge in [0.15, 0.2) is 5.78 Å². The summed E-state index contributed by atoms with van der Waals surface area (Å²) in [4.78, 5) is 12.8. The quantitative estimate of drug-likeness (QED) is 0.0484. The summed E-state index contributed by atoms with van der Waals surface area (Å²) in [6.45, 7) is 1.16. The van der Waals surface area contributed by atoms with E-state index < -0.39 is 5.41 Å². The second-order valence-electron chi connectivity index (χ2n) is 35.7. The molecule has 14 aromatic carbocycles.